The summed E-state index contributed by atoms with van der Waals surface area (Å²) in [7, 11) is 0. The van der Waals surface area contributed by atoms with Crippen molar-refractivity contribution in [1.29, 1.82) is 0 Å². The first-order valence-electron chi connectivity index (χ1n) is 8.64. The molecule has 2 saturated heterocycles. The number of carbonyl (C=O) groups excluding carboxylic acids is 1. The molecule has 0 atom stereocenters. The fraction of sp³-hybridized carbons (Fsp3) is 0.611. The minimum Gasteiger partial charge on any atom is -0.507 e. The van der Waals surface area contributed by atoms with Gasteiger partial charge in [0.1, 0.15) is 11.6 Å². The number of piperidine rings is 1. The van der Waals surface area contributed by atoms with Gasteiger partial charge in [-0.1, -0.05) is 0 Å². The summed E-state index contributed by atoms with van der Waals surface area (Å²) in [5, 5.41) is 19.7. The number of aromatic hydroxyl groups is 1. The monoisotopic (exact) mass is 336 g/mol. The molecule has 1 aromatic carbocycles. The van der Waals surface area contributed by atoms with Crippen molar-refractivity contribution in [1.82, 2.24) is 9.80 Å². The van der Waals surface area contributed by atoms with E-state index in [4.69, 9.17) is 0 Å². The molecule has 2 fully saturated rings. The Kier molecular flexibility index (Phi) is 5.06. The summed E-state index contributed by atoms with van der Waals surface area (Å²) in [6.45, 7) is 4.20. The van der Waals surface area contributed by atoms with Crippen LogP contribution in [0.25, 0.3) is 0 Å². The van der Waals surface area contributed by atoms with Crippen LogP contribution in [-0.4, -0.2) is 65.3 Å². The Labute approximate surface area is 141 Å². The Bertz CT molecular complexity index is 594. The average Bonchev–Trinajstić information content (AvgIpc) is 3.10. The minimum atomic E-state index is -0.535. The van der Waals surface area contributed by atoms with Gasteiger partial charge in [0.05, 0.1) is 12.2 Å². The van der Waals surface area contributed by atoms with Crippen molar-refractivity contribution in [2.24, 2.45) is 5.41 Å². The van der Waals surface area contributed by atoms with E-state index in [9.17, 15) is 19.4 Å². The van der Waals surface area contributed by atoms with Crippen LogP contribution in [0.4, 0.5) is 4.39 Å². The molecule has 2 N–H and O–H groups in total. The van der Waals surface area contributed by atoms with E-state index < -0.39 is 5.82 Å². The van der Waals surface area contributed by atoms with E-state index in [2.05, 4.69) is 4.90 Å². The van der Waals surface area contributed by atoms with Crippen molar-refractivity contribution in [2.45, 2.75) is 25.7 Å². The van der Waals surface area contributed by atoms with Crippen molar-refractivity contribution in [3.63, 3.8) is 0 Å². The molecule has 2 heterocycles. The van der Waals surface area contributed by atoms with E-state index in [1.54, 1.807) is 4.90 Å². The highest BCUT2D eigenvalue weighted by Gasteiger charge is 2.37. The van der Waals surface area contributed by atoms with Crippen LogP contribution in [0.2, 0.25) is 0 Å². The number of nitrogens with zero attached hydrogens (tertiary/aromatic N) is 2. The maximum atomic E-state index is 13.4. The summed E-state index contributed by atoms with van der Waals surface area (Å²) in [6, 6.07) is 3.42. The highest BCUT2D eigenvalue weighted by molar-refractivity contribution is 5.96. The number of rotatable bonds is 4. The van der Waals surface area contributed by atoms with E-state index in [1.165, 1.54) is 18.9 Å². The third kappa shape index (κ3) is 3.54. The molecule has 1 amide bonds. The molecule has 132 valence electrons. The molecule has 24 heavy (non-hydrogen) atoms. The molecule has 0 unspecified atom stereocenters. The first-order valence-corrected chi connectivity index (χ1v) is 8.64. The van der Waals surface area contributed by atoms with Gasteiger partial charge >= 0.3 is 0 Å². The highest BCUT2D eigenvalue weighted by Crippen LogP contribution is 2.34. The first kappa shape index (κ1) is 17.2. The predicted octanol–water partition coefficient (Wildman–Crippen LogP) is 1.84. The van der Waals surface area contributed by atoms with Crippen LogP contribution in [0.3, 0.4) is 0 Å². The Morgan fingerprint density at radius 3 is 2.46 bits per heavy atom. The molecule has 3 rings (SSSR count). The topological polar surface area (TPSA) is 64.0 Å². The van der Waals surface area contributed by atoms with Crippen molar-refractivity contribution >= 4 is 5.91 Å². The van der Waals surface area contributed by atoms with Crippen LogP contribution in [0, 0.1) is 11.2 Å². The molecule has 0 radical (unpaired) electrons. The summed E-state index contributed by atoms with van der Waals surface area (Å²) >= 11 is 0. The van der Waals surface area contributed by atoms with Crippen LogP contribution in [0.15, 0.2) is 18.2 Å². The first-order chi connectivity index (χ1) is 11.5. The normalized spacial score (nSPS) is 21.2. The largest absolute Gasteiger partial charge is 0.507 e. The zero-order chi connectivity index (χ0) is 17.2. The highest BCUT2D eigenvalue weighted by atomic mass is 19.1. The van der Waals surface area contributed by atoms with E-state index in [0.29, 0.717) is 13.1 Å². The van der Waals surface area contributed by atoms with Crippen LogP contribution >= 0.6 is 0 Å². The van der Waals surface area contributed by atoms with Gasteiger partial charge in [0.25, 0.3) is 5.91 Å². The van der Waals surface area contributed by atoms with Gasteiger partial charge in [-0.3, -0.25) is 4.79 Å². The van der Waals surface area contributed by atoms with E-state index in [0.717, 1.165) is 44.6 Å². The number of phenols is 1. The smallest absolute Gasteiger partial charge is 0.257 e. The van der Waals surface area contributed by atoms with Gasteiger partial charge in [0.2, 0.25) is 0 Å². The Hall–Kier alpha value is -1.66. The van der Waals surface area contributed by atoms with Crippen LogP contribution < -0.4 is 0 Å². The summed E-state index contributed by atoms with van der Waals surface area (Å²) in [4.78, 5) is 16.6. The van der Waals surface area contributed by atoms with Crippen molar-refractivity contribution in [2.75, 3.05) is 39.3 Å². The summed E-state index contributed by atoms with van der Waals surface area (Å²) in [6.07, 6.45) is 3.87. The van der Waals surface area contributed by atoms with Crippen LogP contribution in [0.1, 0.15) is 36.0 Å². The molecule has 0 aliphatic carbocycles. The Balaban J connectivity index is 1.64. The molecular formula is C18H25FN2O3. The fourth-order valence-electron chi connectivity index (χ4n) is 3.82. The molecule has 1 aromatic rings. The van der Waals surface area contributed by atoms with Crippen molar-refractivity contribution < 1.29 is 19.4 Å². The third-order valence-corrected chi connectivity index (χ3v) is 5.39. The SMILES string of the molecule is O=C(c1cc(F)ccc1O)N1CCC(CO)(CN2CCCC2)CC1. The molecule has 2 aliphatic rings. The lowest BCUT2D eigenvalue weighted by atomic mass is 9.78. The molecule has 0 spiro atoms. The molecule has 6 heteroatoms. The number of halogens is 1. The van der Waals surface area contributed by atoms with Gasteiger partial charge in [0, 0.05) is 25.0 Å². The van der Waals surface area contributed by atoms with Gasteiger partial charge in [-0.25, -0.2) is 4.39 Å². The summed E-state index contributed by atoms with van der Waals surface area (Å²) in [5.74, 6) is -1.08. The Morgan fingerprint density at radius 1 is 1.17 bits per heavy atom. The maximum Gasteiger partial charge on any atom is 0.257 e. The van der Waals surface area contributed by atoms with Gasteiger partial charge in [0.15, 0.2) is 0 Å². The van der Waals surface area contributed by atoms with Crippen LogP contribution in [0.5, 0.6) is 5.75 Å². The number of likely N-dealkylation sites (tertiary alicyclic amines) is 2. The molecule has 0 bridgehead atoms. The number of phenolic OH excluding ortho intramolecular Hbond substituents is 1. The lowest BCUT2D eigenvalue weighted by Crippen LogP contribution is -2.49. The summed E-state index contributed by atoms with van der Waals surface area (Å²) in [5.41, 5.74) is -0.156. The molecule has 5 nitrogen and oxygen atoms in total. The average molecular weight is 336 g/mol. The second-order valence-electron chi connectivity index (χ2n) is 7.10. The van der Waals surface area contributed by atoms with Crippen molar-refractivity contribution in [3.05, 3.63) is 29.6 Å². The van der Waals surface area contributed by atoms with Gasteiger partial charge in [-0.05, 0) is 57.0 Å². The standard InChI is InChI=1S/C18H25FN2O3/c19-14-3-4-16(23)15(11-14)17(24)21-9-5-18(13-22,6-10-21)12-20-7-1-2-8-20/h3-4,11,22-23H,1-2,5-10,12-13H2. The third-order valence-electron chi connectivity index (χ3n) is 5.39. The zero-order valence-corrected chi connectivity index (χ0v) is 13.9. The summed E-state index contributed by atoms with van der Waals surface area (Å²) < 4.78 is 13.4. The van der Waals surface area contributed by atoms with Gasteiger partial charge in [-0.15, -0.1) is 0 Å². The maximum absolute atomic E-state index is 13.4. The quantitative estimate of drug-likeness (QED) is 0.881. The molecule has 0 aromatic heterocycles. The molecular weight excluding hydrogens is 311 g/mol. The molecule has 0 saturated carbocycles. The van der Waals surface area contributed by atoms with Gasteiger partial charge in [-0.2, -0.15) is 0 Å². The second kappa shape index (κ2) is 7.07. The van der Waals surface area contributed by atoms with E-state index in [-0.39, 0.29) is 29.2 Å². The van der Waals surface area contributed by atoms with Gasteiger partial charge < -0.3 is 20.0 Å². The Morgan fingerprint density at radius 2 is 1.83 bits per heavy atom. The number of amides is 1. The number of aliphatic hydroxyl groups excluding tert-OH is 1. The number of hydrogen-bond acceptors (Lipinski definition) is 4. The van der Waals surface area contributed by atoms with E-state index >= 15 is 0 Å². The number of aliphatic hydroxyl groups is 1. The second-order valence-corrected chi connectivity index (χ2v) is 7.10. The fourth-order valence-corrected chi connectivity index (χ4v) is 3.82. The number of benzene rings is 1. The zero-order valence-electron chi connectivity index (χ0n) is 13.9. The van der Waals surface area contributed by atoms with Crippen molar-refractivity contribution in [3.8, 4) is 5.75 Å². The minimum absolute atomic E-state index is 0.00559. The lowest BCUT2D eigenvalue weighted by molar-refractivity contribution is 0.0178. The number of carbonyl (C=O) groups is 1. The number of hydrogen-bond donors (Lipinski definition) is 2. The molecule has 2 aliphatic heterocycles. The lowest BCUT2D eigenvalue weighted by Gasteiger charge is -2.42. The van der Waals surface area contributed by atoms with E-state index in [1.807, 2.05) is 0 Å². The van der Waals surface area contributed by atoms with Crippen LogP contribution in [-0.2, 0) is 0 Å². The predicted molar refractivity (Wildman–Crippen MR) is 88.4 cm³/mol.